The number of nitrogens with zero attached hydrogens (tertiary/aromatic N) is 2. The summed E-state index contributed by atoms with van der Waals surface area (Å²) < 4.78 is 0. The minimum atomic E-state index is 0.558. The Morgan fingerprint density at radius 1 is 1.25 bits per heavy atom. The molecule has 0 radical (unpaired) electrons. The Morgan fingerprint density at radius 3 is 2.90 bits per heavy atom. The van der Waals surface area contributed by atoms with Crippen molar-refractivity contribution in [1.29, 1.82) is 0 Å². The fourth-order valence-corrected chi connectivity index (χ4v) is 4.89. The lowest BCUT2D eigenvalue weighted by Gasteiger charge is -2.48. The van der Waals surface area contributed by atoms with Crippen LogP contribution in [0.5, 0.6) is 0 Å². The van der Waals surface area contributed by atoms with E-state index < -0.39 is 0 Å². The Balaban J connectivity index is 1.64. The maximum Gasteiger partial charge on any atom is 0.0224 e. The van der Waals surface area contributed by atoms with Crippen molar-refractivity contribution in [1.82, 2.24) is 15.1 Å². The molecule has 3 heterocycles. The van der Waals surface area contributed by atoms with Gasteiger partial charge < -0.3 is 5.32 Å². The molecule has 3 rings (SSSR count). The van der Waals surface area contributed by atoms with E-state index in [1.165, 1.54) is 77.8 Å². The summed E-state index contributed by atoms with van der Waals surface area (Å²) in [4.78, 5) is 5.57. The second-order valence-electron chi connectivity index (χ2n) is 7.60. The summed E-state index contributed by atoms with van der Waals surface area (Å²) in [7, 11) is 0. The molecular formula is C17H33N3. The van der Waals surface area contributed by atoms with Gasteiger partial charge in [-0.05, 0) is 57.5 Å². The fraction of sp³-hybridized carbons (Fsp3) is 1.00. The number of hydrogen-bond acceptors (Lipinski definition) is 3. The van der Waals surface area contributed by atoms with Crippen molar-refractivity contribution in [3.05, 3.63) is 0 Å². The smallest absolute Gasteiger partial charge is 0.0224 e. The Morgan fingerprint density at radius 2 is 2.15 bits per heavy atom. The molecule has 3 aliphatic heterocycles. The van der Waals surface area contributed by atoms with E-state index in [1.54, 1.807) is 0 Å². The van der Waals surface area contributed by atoms with Crippen LogP contribution in [0.15, 0.2) is 0 Å². The van der Waals surface area contributed by atoms with E-state index >= 15 is 0 Å². The molecule has 0 aromatic heterocycles. The first kappa shape index (κ1) is 14.8. The van der Waals surface area contributed by atoms with E-state index in [9.17, 15) is 0 Å². The lowest BCUT2D eigenvalue weighted by molar-refractivity contribution is 0.0143. The number of piperidine rings is 1. The van der Waals surface area contributed by atoms with Crippen LogP contribution in [-0.4, -0.2) is 61.2 Å². The Kier molecular flexibility index (Phi) is 4.68. The minimum Gasteiger partial charge on any atom is -0.316 e. The monoisotopic (exact) mass is 279 g/mol. The van der Waals surface area contributed by atoms with Crippen molar-refractivity contribution in [2.24, 2.45) is 5.41 Å². The van der Waals surface area contributed by atoms with E-state index in [-0.39, 0.29) is 0 Å². The second-order valence-corrected chi connectivity index (χ2v) is 7.60. The standard InChI is InChI=1S/C17H33N3/c1-3-7-17(8-5-9-18-13-17)14-20-12-16-6-4-10-19(16)11-15(20)2/h15-16,18H,3-14H2,1-2H3. The highest BCUT2D eigenvalue weighted by Crippen LogP contribution is 2.35. The van der Waals surface area contributed by atoms with E-state index in [0.717, 1.165) is 12.1 Å². The summed E-state index contributed by atoms with van der Waals surface area (Å²) in [5.74, 6) is 0. The van der Waals surface area contributed by atoms with Crippen molar-refractivity contribution in [2.45, 2.75) is 64.5 Å². The van der Waals surface area contributed by atoms with Gasteiger partial charge in [0.1, 0.15) is 0 Å². The summed E-state index contributed by atoms with van der Waals surface area (Å²) in [6.45, 7) is 12.6. The first-order valence-electron chi connectivity index (χ1n) is 8.91. The highest BCUT2D eigenvalue weighted by molar-refractivity contribution is 4.95. The number of nitrogens with one attached hydrogen (secondary N) is 1. The van der Waals surface area contributed by atoms with Gasteiger partial charge in [0, 0.05) is 38.3 Å². The van der Waals surface area contributed by atoms with E-state index in [4.69, 9.17) is 0 Å². The molecule has 3 fully saturated rings. The van der Waals surface area contributed by atoms with Gasteiger partial charge in [-0.3, -0.25) is 9.80 Å². The topological polar surface area (TPSA) is 18.5 Å². The molecule has 1 N–H and O–H groups in total. The van der Waals surface area contributed by atoms with Crippen LogP contribution in [0.3, 0.4) is 0 Å². The van der Waals surface area contributed by atoms with Gasteiger partial charge in [0.2, 0.25) is 0 Å². The molecule has 0 spiro atoms. The van der Waals surface area contributed by atoms with Gasteiger partial charge in [0.25, 0.3) is 0 Å². The number of piperazine rings is 1. The maximum atomic E-state index is 3.67. The molecule has 3 nitrogen and oxygen atoms in total. The first-order valence-corrected chi connectivity index (χ1v) is 8.91. The van der Waals surface area contributed by atoms with Gasteiger partial charge in [0.05, 0.1) is 0 Å². The SMILES string of the molecule is CCCC1(CN2CC3CCCN3CC2C)CCCNC1. The van der Waals surface area contributed by atoms with Gasteiger partial charge in [-0.25, -0.2) is 0 Å². The molecule has 0 aromatic rings. The zero-order chi connectivity index (χ0) is 14.0. The van der Waals surface area contributed by atoms with Crippen LogP contribution in [0.2, 0.25) is 0 Å². The Bertz CT molecular complexity index is 306. The molecule has 0 bridgehead atoms. The minimum absolute atomic E-state index is 0.558. The van der Waals surface area contributed by atoms with Crippen molar-refractivity contribution >= 4 is 0 Å². The van der Waals surface area contributed by atoms with Crippen LogP contribution >= 0.6 is 0 Å². The molecule has 116 valence electrons. The molecule has 0 amide bonds. The Labute approximate surface area is 125 Å². The largest absolute Gasteiger partial charge is 0.316 e. The molecule has 0 aromatic carbocycles. The third kappa shape index (κ3) is 3.05. The van der Waals surface area contributed by atoms with E-state index in [1.807, 2.05) is 0 Å². The normalized spacial score (nSPS) is 39.9. The average Bonchev–Trinajstić information content (AvgIpc) is 2.87. The number of rotatable bonds is 4. The summed E-state index contributed by atoms with van der Waals surface area (Å²) in [5, 5.41) is 3.67. The quantitative estimate of drug-likeness (QED) is 0.852. The van der Waals surface area contributed by atoms with Crippen LogP contribution in [0.1, 0.15) is 52.4 Å². The summed E-state index contributed by atoms with van der Waals surface area (Å²) in [6.07, 6.45) is 8.40. The van der Waals surface area contributed by atoms with Gasteiger partial charge in [0.15, 0.2) is 0 Å². The highest BCUT2D eigenvalue weighted by atomic mass is 15.3. The second kappa shape index (κ2) is 6.33. The molecule has 3 unspecified atom stereocenters. The zero-order valence-corrected chi connectivity index (χ0v) is 13.5. The van der Waals surface area contributed by atoms with Crippen molar-refractivity contribution in [3.8, 4) is 0 Å². The lowest BCUT2D eigenvalue weighted by Crippen LogP contribution is -2.58. The highest BCUT2D eigenvalue weighted by Gasteiger charge is 2.39. The van der Waals surface area contributed by atoms with Crippen LogP contribution in [0.25, 0.3) is 0 Å². The summed E-state index contributed by atoms with van der Waals surface area (Å²) in [5.41, 5.74) is 0.558. The average molecular weight is 279 g/mol. The van der Waals surface area contributed by atoms with Crippen molar-refractivity contribution in [3.63, 3.8) is 0 Å². The van der Waals surface area contributed by atoms with Crippen molar-refractivity contribution in [2.75, 3.05) is 39.3 Å². The van der Waals surface area contributed by atoms with Crippen LogP contribution < -0.4 is 5.32 Å². The zero-order valence-electron chi connectivity index (χ0n) is 13.5. The molecule has 0 saturated carbocycles. The number of fused-ring (bicyclic) bond motifs is 1. The van der Waals surface area contributed by atoms with Crippen LogP contribution in [0, 0.1) is 5.41 Å². The van der Waals surface area contributed by atoms with Crippen LogP contribution in [0.4, 0.5) is 0 Å². The number of hydrogen-bond donors (Lipinski definition) is 1. The third-order valence-electron chi connectivity index (χ3n) is 5.95. The molecule has 3 atom stereocenters. The Hall–Kier alpha value is -0.120. The summed E-state index contributed by atoms with van der Waals surface area (Å²) in [6, 6.07) is 1.61. The van der Waals surface area contributed by atoms with Crippen molar-refractivity contribution < 1.29 is 0 Å². The van der Waals surface area contributed by atoms with Gasteiger partial charge in [-0.15, -0.1) is 0 Å². The lowest BCUT2D eigenvalue weighted by atomic mass is 9.76. The maximum absolute atomic E-state index is 3.67. The third-order valence-corrected chi connectivity index (χ3v) is 5.95. The van der Waals surface area contributed by atoms with E-state index in [0.29, 0.717) is 5.41 Å². The molecular weight excluding hydrogens is 246 g/mol. The molecule has 3 aliphatic rings. The molecule has 3 heteroatoms. The predicted molar refractivity (Wildman–Crippen MR) is 85.1 cm³/mol. The molecule has 20 heavy (non-hydrogen) atoms. The molecule has 3 saturated heterocycles. The summed E-state index contributed by atoms with van der Waals surface area (Å²) >= 11 is 0. The van der Waals surface area contributed by atoms with Gasteiger partial charge in [-0.1, -0.05) is 13.3 Å². The molecule has 0 aliphatic carbocycles. The van der Waals surface area contributed by atoms with Crippen LogP contribution in [-0.2, 0) is 0 Å². The van der Waals surface area contributed by atoms with Gasteiger partial charge in [-0.2, -0.15) is 0 Å². The fourth-order valence-electron chi connectivity index (χ4n) is 4.89. The van der Waals surface area contributed by atoms with E-state index in [2.05, 4.69) is 29.0 Å². The predicted octanol–water partition coefficient (Wildman–Crippen LogP) is 2.32. The van der Waals surface area contributed by atoms with Gasteiger partial charge >= 0.3 is 0 Å². The first-order chi connectivity index (χ1) is 9.72.